The quantitative estimate of drug-likeness (QED) is 0.680. The van der Waals surface area contributed by atoms with Gasteiger partial charge in [-0.1, -0.05) is 19.3 Å². The summed E-state index contributed by atoms with van der Waals surface area (Å²) in [5.74, 6) is -2.72. The number of ether oxygens (including phenoxy) is 1. The first-order valence-corrected chi connectivity index (χ1v) is 10.4. The highest BCUT2D eigenvalue weighted by molar-refractivity contribution is 6.27. The van der Waals surface area contributed by atoms with E-state index in [4.69, 9.17) is 24.5 Å². The molecule has 3 rings (SSSR count). The number of aryl methyl sites for hydroxylation is 1. The molecule has 168 valence electrons. The molecule has 1 aromatic heterocycles. The molecule has 2 heterocycles. The number of carbonyl (C=O) groups excluding carboxylic acids is 1. The molecule has 1 aliphatic heterocycles. The maximum absolute atomic E-state index is 11.3. The fraction of sp³-hybridized carbons (Fsp3) is 0.700. The van der Waals surface area contributed by atoms with E-state index in [-0.39, 0.29) is 5.91 Å². The number of aliphatic carboxylic acids is 2. The van der Waals surface area contributed by atoms with Crippen LogP contribution in [0.2, 0.25) is 0 Å². The predicted molar refractivity (Wildman–Crippen MR) is 109 cm³/mol. The van der Waals surface area contributed by atoms with Gasteiger partial charge in [-0.2, -0.15) is 0 Å². The molecule has 30 heavy (non-hydrogen) atoms. The number of aromatic nitrogens is 2. The molecular formula is C20H32N4O6. The van der Waals surface area contributed by atoms with Crippen LogP contribution in [0.3, 0.4) is 0 Å². The van der Waals surface area contributed by atoms with E-state index in [9.17, 15) is 4.79 Å². The molecule has 0 spiro atoms. The molecule has 2 N–H and O–H groups in total. The first kappa shape index (κ1) is 23.7. The number of hydrogen-bond donors (Lipinski definition) is 2. The zero-order valence-corrected chi connectivity index (χ0v) is 17.7. The summed E-state index contributed by atoms with van der Waals surface area (Å²) in [6.45, 7) is 8.81. The van der Waals surface area contributed by atoms with Gasteiger partial charge in [0, 0.05) is 51.4 Å². The van der Waals surface area contributed by atoms with Crippen LogP contribution in [-0.4, -0.2) is 87.0 Å². The van der Waals surface area contributed by atoms with E-state index in [1.165, 1.54) is 37.8 Å². The average molecular weight is 424 g/mol. The molecule has 1 saturated carbocycles. The van der Waals surface area contributed by atoms with Crippen LogP contribution in [0.15, 0.2) is 6.07 Å². The van der Waals surface area contributed by atoms with Crippen LogP contribution in [0.4, 0.5) is 0 Å². The fourth-order valence-corrected chi connectivity index (χ4v) is 3.79. The van der Waals surface area contributed by atoms with Gasteiger partial charge >= 0.3 is 11.9 Å². The average Bonchev–Trinajstić information content (AvgIpc) is 3.10. The van der Waals surface area contributed by atoms with Gasteiger partial charge in [-0.3, -0.25) is 14.4 Å². The molecule has 2 fully saturated rings. The highest BCUT2D eigenvalue weighted by atomic mass is 16.5. The van der Waals surface area contributed by atoms with Crippen molar-refractivity contribution in [3.8, 4) is 5.88 Å². The summed E-state index contributed by atoms with van der Waals surface area (Å²) < 4.78 is 8.05. The van der Waals surface area contributed by atoms with Crippen molar-refractivity contribution in [3.05, 3.63) is 11.8 Å². The summed E-state index contributed by atoms with van der Waals surface area (Å²) in [7, 11) is 0. The number of carboxylic acid groups (broad SMARTS) is 2. The summed E-state index contributed by atoms with van der Waals surface area (Å²) in [6, 6.07) is 2.61. The first-order chi connectivity index (χ1) is 14.3. The Morgan fingerprint density at radius 2 is 1.67 bits per heavy atom. The number of piperazine rings is 1. The SMILES string of the molecule is CC(=O)N1CCN(CCOc2cc(C)n(C3CCCCC3)n2)CC1.O=C(O)C(=O)O. The van der Waals surface area contributed by atoms with E-state index in [2.05, 4.69) is 27.7 Å². The van der Waals surface area contributed by atoms with Crippen LogP contribution in [0.5, 0.6) is 5.88 Å². The molecule has 0 unspecified atom stereocenters. The molecule has 1 aromatic rings. The number of amides is 1. The van der Waals surface area contributed by atoms with Gasteiger partial charge < -0.3 is 19.8 Å². The molecule has 1 amide bonds. The van der Waals surface area contributed by atoms with Crippen LogP contribution in [0, 0.1) is 6.92 Å². The molecule has 1 aliphatic carbocycles. The van der Waals surface area contributed by atoms with Crippen molar-refractivity contribution in [1.82, 2.24) is 19.6 Å². The van der Waals surface area contributed by atoms with Crippen molar-refractivity contribution in [2.45, 2.75) is 52.0 Å². The van der Waals surface area contributed by atoms with E-state index in [0.29, 0.717) is 12.6 Å². The molecule has 10 heteroatoms. The van der Waals surface area contributed by atoms with Crippen molar-refractivity contribution in [3.63, 3.8) is 0 Å². The van der Waals surface area contributed by atoms with Crippen molar-refractivity contribution < 1.29 is 29.3 Å². The summed E-state index contributed by atoms with van der Waals surface area (Å²) in [4.78, 5) is 33.8. The Balaban J connectivity index is 0.000000469. The van der Waals surface area contributed by atoms with Crippen molar-refractivity contribution >= 4 is 17.8 Å². The van der Waals surface area contributed by atoms with Gasteiger partial charge in [0.1, 0.15) is 6.61 Å². The number of carbonyl (C=O) groups is 3. The lowest BCUT2D eigenvalue weighted by molar-refractivity contribution is -0.159. The van der Waals surface area contributed by atoms with E-state index in [0.717, 1.165) is 38.6 Å². The van der Waals surface area contributed by atoms with E-state index >= 15 is 0 Å². The molecule has 0 atom stereocenters. The van der Waals surface area contributed by atoms with Crippen molar-refractivity contribution in [2.75, 3.05) is 39.3 Å². The monoisotopic (exact) mass is 424 g/mol. The van der Waals surface area contributed by atoms with Gasteiger partial charge in [0.25, 0.3) is 0 Å². The number of carboxylic acids is 2. The molecule has 10 nitrogen and oxygen atoms in total. The second kappa shape index (κ2) is 11.5. The van der Waals surface area contributed by atoms with Gasteiger partial charge in [0.15, 0.2) is 0 Å². The third kappa shape index (κ3) is 7.33. The topological polar surface area (TPSA) is 125 Å². The fourth-order valence-electron chi connectivity index (χ4n) is 3.79. The first-order valence-electron chi connectivity index (χ1n) is 10.4. The van der Waals surface area contributed by atoms with E-state index < -0.39 is 11.9 Å². The number of rotatable bonds is 5. The van der Waals surface area contributed by atoms with Crippen LogP contribution < -0.4 is 4.74 Å². The lowest BCUT2D eigenvalue weighted by Gasteiger charge is -2.33. The summed E-state index contributed by atoms with van der Waals surface area (Å²) in [6.07, 6.45) is 6.46. The Bertz CT molecular complexity index is 709. The highest BCUT2D eigenvalue weighted by Gasteiger charge is 2.20. The zero-order chi connectivity index (χ0) is 22.1. The second-order valence-corrected chi connectivity index (χ2v) is 7.67. The van der Waals surface area contributed by atoms with E-state index in [1.54, 1.807) is 6.92 Å². The van der Waals surface area contributed by atoms with Gasteiger partial charge in [0.05, 0.1) is 6.04 Å². The standard InChI is InChI=1S/C18H30N4O2.C2H2O4/c1-15-14-18(19-22(15)17-6-4-3-5-7-17)24-13-12-20-8-10-21(11-9-20)16(2)23;3-1(4)2(5)6/h14,17H,3-13H2,1-2H3;(H,3,4)(H,5,6). The van der Waals surface area contributed by atoms with Crippen molar-refractivity contribution in [2.24, 2.45) is 0 Å². The second-order valence-electron chi connectivity index (χ2n) is 7.67. The third-order valence-electron chi connectivity index (χ3n) is 5.48. The maximum atomic E-state index is 11.3. The van der Waals surface area contributed by atoms with Crippen LogP contribution in [-0.2, 0) is 14.4 Å². The predicted octanol–water partition coefficient (Wildman–Crippen LogP) is 1.40. The lowest BCUT2D eigenvalue weighted by atomic mass is 9.95. The van der Waals surface area contributed by atoms with Gasteiger partial charge in [-0.15, -0.1) is 5.10 Å². The van der Waals surface area contributed by atoms with Crippen LogP contribution in [0.1, 0.15) is 50.8 Å². The van der Waals surface area contributed by atoms with Crippen LogP contribution >= 0.6 is 0 Å². The Morgan fingerprint density at radius 3 is 2.20 bits per heavy atom. The smallest absolute Gasteiger partial charge is 0.414 e. The minimum Gasteiger partial charge on any atom is -0.475 e. The van der Waals surface area contributed by atoms with Crippen molar-refractivity contribution in [1.29, 1.82) is 0 Å². The molecular weight excluding hydrogens is 392 g/mol. The summed E-state index contributed by atoms with van der Waals surface area (Å²) in [5.41, 5.74) is 1.20. The van der Waals surface area contributed by atoms with Gasteiger partial charge in [-0.25, -0.2) is 9.59 Å². The summed E-state index contributed by atoms with van der Waals surface area (Å²) >= 11 is 0. The minimum absolute atomic E-state index is 0.176. The molecule has 0 aromatic carbocycles. The van der Waals surface area contributed by atoms with Gasteiger partial charge in [-0.05, 0) is 19.8 Å². The normalized spacial score (nSPS) is 17.7. The zero-order valence-electron chi connectivity index (χ0n) is 17.7. The highest BCUT2D eigenvalue weighted by Crippen LogP contribution is 2.29. The minimum atomic E-state index is -1.82. The molecule has 0 bridgehead atoms. The molecule has 2 aliphatic rings. The summed E-state index contributed by atoms with van der Waals surface area (Å²) in [5, 5.41) is 19.5. The molecule has 0 radical (unpaired) electrons. The third-order valence-corrected chi connectivity index (χ3v) is 5.48. The van der Waals surface area contributed by atoms with Crippen LogP contribution in [0.25, 0.3) is 0 Å². The maximum Gasteiger partial charge on any atom is 0.414 e. The Labute approximate surface area is 176 Å². The Hall–Kier alpha value is -2.62. The number of nitrogens with zero attached hydrogens (tertiary/aromatic N) is 4. The largest absolute Gasteiger partial charge is 0.475 e. The lowest BCUT2D eigenvalue weighted by Crippen LogP contribution is -2.48. The number of hydrogen-bond acceptors (Lipinski definition) is 6. The van der Waals surface area contributed by atoms with E-state index in [1.807, 2.05) is 4.90 Å². The Morgan fingerprint density at radius 1 is 1.07 bits per heavy atom. The van der Waals surface area contributed by atoms with Gasteiger partial charge in [0.2, 0.25) is 11.8 Å². The Kier molecular flexibility index (Phi) is 9.10. The molecule has 1 saturated heterocycles.